The Morgan fingerprint density at radius 3 is 2.74 bits per heavy atom. The second-order valence-corrected chi connectivity index (χ2v) is 6.48. The van der Waals surface area contributed by atoms with Crippen LogP contribution in [0, 0.1) is 0 Å². The molecule has 0 aliphatic heterocycles. The number of nitrogens with one attached hydrogen (secondary N) is 2. The van der Waals surface area contributed by atoms with Crippen LogP contribution in [0.3, 0.4) is 0 Å². The molecule has 0 aliphatic rings. The van der Waals surface area contributed by atoms with E-state index in [1.807, 2.05) is 5.38 Å². The molecule has 3 aromatic rings. The summed E-state index contributed by atoms with van der Waals surface area (Å²) in [6, 6.07) is 6.85. The Balaban J connectivity index is 2.18. The molecular formula is C15H12Cl2N4OS. The van der Waals surface area contributed by atoms with Gasteiger partial charge in [0.25, 0.3) is 5.91 Å². The highest BCUT2D eigenvalue weighted by molar-refractivity contribution is 7.13. The highest BCUT2D eigenvalue weighted by Gasteiger charge is 2.19. The minimum absolute atomic E-state index is 0.225. The number of nitrogens with two attached hydrogens (primary N) is 1. The summed E-state index contributed by atoms with van der Waals surface area (Å²) in [4.78, 5) is 19.6. The smallest absolute Gasteiger partial charge is 0.253 e. The first-order chi connectivity index (χ1) is 11.0. The van der Waals surface area contributed by atoms with E-state index in [1.54, 1.807) is 31.3 Å². The third-order valence-electron chi connectivity index (χ3n) is 3.29. The van der Waals surface area contributed by atoms with Crippen molar-refractivity contribution in [2.45, 2.75) is 0 Å². The van der Waals surface area contributed by atoms with Gasteiger partial charge in [0, 0.05) is 23.0 Å². The van der Waals surface area contributed by atoms with E-state index in [-0.39, 0.29) is 5.91 Å². The fourth-order valence-corrected chi connectivity index (χ4v) is 3.29. The lowest BCUT2D eigenvalue weighted by atomic mass is 10.1. The summed E-state index contributed by atoms with van der Waals surface area (Å²) < 4.78 is 0. The zero-order valence-corrected chi connectivity index (χ0v) is 14.3. The van der Waals surface area contributed by atoms with Crippen LogP contribution in [0.2, 0.25) is 10.0 Å². The Bertz CT molecular complexity index is 887. The molecule has 0 atom stereocenters. The molecule has 5 nitrogen and oxygen atoms in total. The van der Waals surface area contributed by atoms with Crippen molar-refractivity contribution >= 4 is 45.6 Å². The van der Waals surface area contributed by atoms with E-state index in [0.29, 0.717) is 43.4 Å². The van der Waals surface area contributed by atoms with Gasteiger partial charge in [-0.1, -0.05) is 23.2 Å². The minimum Gasteiger partial charge on any atom is -0.375 e. The molecule has 1 amide bonds. The van der Waals surface area contributed by atoms with E-state index in [1.165, 1.54) is 11.3 Å². The van der Waals surface area contributed by atoms with Gasteiger partial charge in [0.2, 0.25) is 0 Å². The summed E-state index contributed by atoms with van der Waals surface area (Å²) in [5.41, 5.74) is 8.80. The average Bonchev–Trinajstić information content (AvgIpc) is 3.13. The first-order valence-electron chi connectivity index (χ1n) is 6.61. The van der Waals surface area contributed by atoms with Gasteiger partial charge in [-0.3, -0.25) is 4.79 Å². The minimum atomic E-state index is -0.225. The maximum absolute atomic E-state index is 12.2. The summed E-state index contributed by atoms with van der Waals surface area (Å²) >= 11 is 13.5. The lowest BCUT2D eigenvalue weighted by Gasteiger charge is -2.06. The molecule has 0 radical (unpaired) electrons. The highest BCUT2D eigenvalue weighted by Crippen LogP contribution is 2.35. The van der Waals surface area contributed by atoms with Crippen molar-refractivity contribution in [1.29, 1.82) is 0 Å². The van der Waals surface area contributed by atoms with Crippen molar-refractivity contribution in [1.82, 2.24) is 15.3 Å². The number of carbonyl (C=O) groups is 1. The number of H-pyrrole nitrogens is 1. The Hall–Kier alpha value is -2.02. The maximum Gasteiger partial charge on any atom is 0.253 e. The third-order valence-corrected chi connectivity index (χ3v) is 4.51. The number of hydrogen-bond acceptors (Lipinski definition) is 4. The summed E-state index contributed by atoms with van der Waals surface area (Å²) in [6.07, 6.45) is 0. The van der Waals surface area contributed by atoms with Crippen molar-refractivity contribution < 1.29 is 4.79 Å². The van der Waals surface area contributed by atoms with Gasteiger partial charge in [-0.05, 0) is 24.3 Å². The second kappa shape index (κ2) is 6.23. The molecule has 4 N–H and O–H groups in total. The van der Waals surface area contributed by atoms with Gasteiger partial charge >= 0.3 is 0 Å². The maximum atomic E-state index is 12.2. The number of anilines is 1. The molecule has 0 aliphatic carbocycles. The largest absolute Gasteiger partial charge is 0.375 e. The quantitative estimate of drug-likeness (QED) is 0.653. The topological polar surface area (TPSA) is 83.8 Å². The molecule has 2 aromatic heterocycles. The molecule has 23 heavy (non-hydrogen) atoms. The van der Waals surface area contributed by atoms with Gasteiger partial charge in [-0.25, -0.2) is 4.98 Å². The fraction of sp³-hybridized carbons (Fsp3) is 0.0667. The number of rotatable bonds is 3. The van der Waals surface area contributed by atoms with E-state index in [0.717, 1.165) is 0 Å². The van der Waals surface area contributed by atoms with Crippen LogP contribution >= 0.6 is 34.5 Å². The van der Waals surface area contributed by atoms with E-state index >= 15 is 0 Å². The van der Waals surface area contributed by atoms with Gasteiger partial charge in [0.1, 0.15) is 0 Å². The van der Waals surface area contributed by atoms with Crippen molar-refractivity contribution in [3.8, 4) is 22.6 Å². The van der Waals surface area contributed by atoms with Crippen molar-refractivity contribution in [3.05, 3.63) is 45.3 Å². The van der Waals surface area contributed by atoms with E-state index < -0.39 is 0 Å². The normalized spacial score (nSPS) is 10.7. The SMILES string of the molecule is CNC(=O)c1cc(-c2csc(N)n2)[nH]c1-c1ccc(Cl)cc1Cl. The van der Waals surface area contributed by atoms with Crippen LogP contribution in [0.1, 0.15) is 10.4 Å². The Kier molecular flexibility index (Phi) is 4.30. The number of carbonyl (C=O) groups excluding carboxylic acids is 1. The van der Waals surface area contributed by atoms with E-state index in [9.17, 15) is 4.79 Å². The van der Waals surface area contributed by atoms with Crippen molar-refractivity contribution in [2.24, 2.45) is 0 Å². The zero-order chi connectivity index (χ0) is 16.6. The standard InChI is InChI=1S/C15H12Cl2N4OS/c1-19-14(22)9-5-11(12-6-23-15(18)21-12)20-13(9)8-3-2-7(16)4-10(8)17/h2-6,20H,1H3,(H2,18,21)(H,19,22). The molecule has 0 spiro atoms. The van der Waals surface area contributed by atoms with Crippen molar-refractivity contribution in [2.75, 3.05) is 12.8 Å². The van der Waals surface area contributed by atoms with E-state index in [4.69, 9.17) is 28.9 Å². The number of aromatic amines is 1. The zero-order valence-electron chi connectivity index (χ0n) is 12.0. The van der Waals surface area contributed by atoms with Crippen LogP contribution in [0.25, 0.3) is 22.6 Å². The summed E-state index contributed by atoms with van der Waals surface area (Å²) in [5.74, 6) is -0.225. The number of benzene rings is 1. The molecular weight excluding hydrogens is 355 g/mol. The lowest BCUT2D eigenvalue weighted by molar-refractivity contribution is 0.0964. The molecule has 0 saturated carbocycles. The van der Waals surface area contributed by atoms with Crippen LogP contribution in [0.5, 0.6) is 0 Å². The van der Waals surface area contributed by atoms with Gasteiger partial charge in [-0.15, -0.1) is 11.3 Å². The highest BCUT2D eigenvalue weighted by atomic mass is 35.5. The molecule has 0 unspecified atom stereocenters. The predicted molar refractivity (Wildman–Crippen MR) is 95.2 cm³/mol. The number of thiazole rings is 1. The first-order valence-corrected chi connectivity index (χ1v) is 8.25. The molecule has 0 fully saturated rings. The number of halogens is 2. The summed E-state index contributed by atoms with van der Waals surface area (Å²) in [7, 11) is 1.57. The first kappa shape index (κ1) is 15.9. The van der Waals surface area contributed by atoms with Gasteiger partial charge in [-0.2, -0.15) is 0 Å². The summed E-state index contributed by atoms with van der Waals surface area (Å²) in [5, 5.41) is 5.88. The second-order valence-electron chi connectivity index (χ2n) is 4.75. The molecule has 3 rings (SSSR count). The number of amides is 1. The average molecular weight is 367 g/mol. The van der Waals surface area contributed by atoms with E-state index in [2.05, 4.69) is 15.3 Å². The third kappa shape index (κ3) is 3.06. The molecule has 2 heterocycles. The number of aromatic nitrogens is 2. The Morgan fingerprint density at radius 1 is 1.35 bits per heavy atom. The molecule has 1 aromatic carbocycles. The number of nitrogen functional groups attached to an aromatic ring is 1. The molecule has 118 valence electrons. The summed E-state index contributed by atoms with van der Waals surface area (Å²) in [6.45, 7) is 0. The fourth-order valence-electron chi connectivity index (χ4n) is 2.22. The number of hydrogen-bond donors (Lipinski definition) is 3. The Morgan fingerprint density at radius 2 is 2.13 bits per heavy atom. The van der Waals surface area contributed by atoms with Gasteiger partial charge in [0.15, 0.2) is 5.13 Å². The monoisotopic (exact) mass is 366 g/mol. The van der Waals surface area contributed by atoms with Crippen LogP contribution in [0.15, 0.2) is 29.6 Å². The van der Waals surface area contributed by atoms with Crippen LogP contribution in [-0.4, -0.2) is 22.9 Å². The lowest BCUT2D eigenvalue weighted by Crippen LogP contribution is -2.17. The Labute approximate surface area is 146 Å². The molecule has 0 saturated heterocycles. The van der Waals surface area contributed by atoms with Crippen molar-refractivity contribution in [3.63, 3.8) is 0 Å². The number of nitrogens with zero attached hydrogens (tertiary/aromatic N) is 1. The van der Waals surface area contributed by atoms with Crippen LogP contribution in [-0.2, 0) is 0 Å². The van der Waals surface area contributed by atoms with Gasteiger partial charge in [0.05, 0.1) is 27.7 Å². The predicted octanol–water partition coefficient (Wildman–Crippen LogP) is 4.05. The van der Waals surface area contributed by atoms with Crippen LogP contribution < -0.4 is 11.1 Å². The molecule has 8 heteroatoms. The van der Waals surface area contributed by atoms with Gasteiger partial charge < -0.3 is 16.0 Å². The molecule has 0 bridgehead atoms. The van der Waals surface area contributed by atoms with Crippen LogP contribution in [0.4, 0.5) is 5.13 Å².